The summed E-state index contributed by atoms with van der Waals surface area (Å²) in [5.74, 6) is 0.613. The van der Waals surface area contributed by atoms with E-state index < -0.39 is 0 Å². The summed E-state index contributed by atoms with van der Waals surface area (Å²) in [5.41, 5.74) is -0.150. The van der Waals surface area contributed by atoms with E-state index in [1.165, 1.54) is 0 Å². The highest BCUT2D eigenvalue weighted by Gasteiger charge is 2.43. The van der Waals surface area contributed by atoms with Gasteiger partial charge in [-0.25, -0.2) is 4.68 Å². The predicted octanol–water partition coefficient (Wildman–Crippen LogP) is -0.853. The zero-order valence-corrected chi connectivity index (χ0v) is 6.86. The number of anilines is 1. The number of aryl methyl sites for hydroxylation is 1. The normalized spacial score (nSPS) is 19.2. The number of aromatic nitrogens is 4. The fourth-order valence-electron chi connectivity index (χ4n) is 1.05. The van der Waals surface area contributed by atoms with Gasteiger partial charge in [0.15, 0.2) is 0 Å². The molecular formula is C6H11N5O. The molecular weight excluding hydrogens is 158 g/mol. The summed E-state index contributed by atoms with van der Waals surface area (Å²) in [6.45, 7) is 0.139. The summed E-state index contributed by atoms with van der Waals surface area (Å²) in [4.78, 5) is 0. The molecule has 0 atom stereocenters. The molecule has 2 N–H and O–H groups in total. The Morgan fingerprint density at radius 2 is 2.42 bits per heavy atom. The minimum absolute atomic E-state index is 0.139. The highest BCUT2D eigenvalue weighted by Crippen LogP contribution is 2.37. The third-order valence-corrected chi connectivity index (χ3v) is 2.15. The molecule has 0 unspecified atom stereocenters. The molecule has 0 spiro atoms. The smallest absolute Gasteiger partial charge is 0.243 e. The average molecular weight is 169 g/mol. The van der Waals surface area contributed by atoms with E-state index in [2.05, 4.69) is 20.8 Å². The van der Waals surface area contributed by atoms with Gasteiger partial charge in [-0.15, -0.1) is 0 Å². The van der Waals surface area contributed by atoms with Gasteiger partial charge in [0, 0.05) is 7.05 Å². The molecule has 12 heavy (non-hydrogen) atoms. The summed E-state index contributed by atoms with van der Waals surface area (Å²) in [5, 5.41) is 23.0. The topological polar surface area (TPSA) is 75.9 Å². The Labute approximate surface area is 69.6 Å². The van der Waals surface area contributed by atoms with Crippen LogP contribution in [0.4, 0.5) is 5.95 Å². The molecule has 1 saturated carbocycles. The highest BCUT2D eigenvalue weighted by atomic mass is 16.3. The summed E-state index contributed by atoms with van der Waals surface area (Å²) < 4.78 is 1.55. The van der Waals surface area contributed by atoms with Gasteiger partial charge in [-0.2, -0.15) is 0 Å². The molecule has 1 aromatic heterocycles. The van der Waals surface area contributed by atoms with E-state index in [4.69, 9.17) is 5.11 Å². The number of nitrogens with zero attached hydrogens (tertiary/aromatic N) is 4. The van der Waals surface area contributed by atoms with E-state index in [9.17, 15) is 0 Å². The molecule has 0 bridgehead atoms. The predicted molar refractivity (Wildman–Crippen MR) is 41.5 cm³/mol. The second-order valence-electron chi connectivity index (χ2n) is 3.19. The lowest BCUT2D eigenvalue weighted by Crippen LogP contribution is -2.27. The number of aliphatic hydroxyl groups is 1. The van der Waals surface area contributed by atoms with Gasteiger partial charge < -0.3 is 10.4 Å². The van der Waals surface area contributed by atoms with E-state index in [-0.39, 0.29) is 12.1 Å². The second kappa shape index (κ2) is 2.41. The fourth-order valence-corrected chi connectivity index (χ4v) is 1.05. The van der Waals surface area contributed by atoms with Gasteiger partial charge in [0.2, 0.25) is 5.95 Å². The maximum atomic E-state index is 9.01. The molecule has 0 amide bonds. The van der Waals surface area contributed by atoms with Gasteiger partial charge >= 0.3 is 0 Å². The number of hydrogen-bond acceptors (Lipinski definition) is 5. The van der Waals surface area contributed by atoms with Crippen LogP contribution >= 0.6 is 0 Å². The number of aliphatic hydroxyl groups excluding tert-OH is 1. The first kappa shape index (κ1) is 7.48. The molecule has 0 aliphatic heterocycles. The van der Waals surface area contributed by atoms with Crippen LogP contribution in [0.25, 0.3) is 0 Å². The Morgan fingerprint density at radius 1 is 1.67 bits per heavy atom. The fraction of sp³-hybridized carbons (Fsp3) is 0.833. The van der Waals surface area contributed by atoms with Crippen LogP contribution in [0.15, 0.2) is 0 Å². The van der Waals surface area contributed by atoms with Crippen molar-refractivity contribution in [2.24, 2.45) is 7.05 Å². The van der Waals surface area contributed by atoms with Crippen molar-refractivity contribution in [3.8, 4) is 0 Å². The van der Waals surface area contributed by atoms with Crippen LogP contribution in [0.1, 0.15) is 12.8 Å². The molecule has 1 aromatic rings. The van der Waals surface area contributed by atoms with Crippen LogP contribution in [0, 0.1) is 0 Å². The van der Waals surface area contributed by atoms with Crippen molar-refractivity contribution < 1.29 is 5.11 Å². The van der Waals surface area contributed by atoms with Crippen molar-refractivity contribution in [1.29, 1.82) is 0 Å². The molecule has 0 radical (unpaired) electrons. The van der Waals surface area contributed by atoms with Gasteiger partial charge in [0.1, 0.15) is 0 Å². The van der Waals surface area contributed by atoms with Crippen molar-refractivity contribution in [1.82, 2.24) is 20.2 Å². The number of nitrogens with one attached hydrogen (secondary N) is 1. The lowest BCUT2D eigenvalue weighted by Gasteiger charge is -2.12. The molecule has 1 aliphatic rings. The Hall–Kier alpha value is -1.17. The highest BCUT2D eigenvalue weighted by molar-refractivity contribution is 5.32. The molecule has 6 heteroatoms. The molecule has 2 rings (SSSR count). The molecule has 66 valence electrons. The third-order valence-electron chi connectivity index (χ3n) is 2.15. The van der Waals surface area contributed by atoms with Crippen LogP contribution < -0.4 is 5.32 Å². The Bertz CT molecular complexity index is 279. The van der Waals surface area contributed by atoms with E-state index in [0.717, 1.165) is 12.8 Å². The van der Waals surface area contributed by atoms with Crippen LogP contribution in [0.3, 0.4) is 0 Å². The summed E-state index contributed by atoms with van der Waals surface area (Å²) in [6.07, 6.45) is 1.96. The third kappa shape index (κ3) is 1.14. The molecule has 1 aliphatic carbocycles. The van der Waals surface area contributed by atoms with Gasteiger partial charge in [0.05, 0.1) is 12.1 Å². The largest absolute Gasteiger partial charge is 0.394 e. The van der Waals surface area contributed by atoms with Gasteiger partial charge in [-0.1, -0.05) is 5.10 Å². The Balaban J connectivity index is 2.08. The maximum absolute atomic E-state index is 9.01. The Morgan fingerprint density at radius 3 is 2.83 bits per heavy atom. The van der Waals surface area contributed by atoms with Crippen molar-refractivity contribution in [2.75, 3.05) is 11.9 Å². The van der Waals surface area contributed by atoms with E-state index in [1.54, 1.807) is 11.7 Å². The van der Waals surface area contributed by atoms with E-state index in [1.807, 2.05) is 0 Å². The summed E-state index contributed by atoms with van der Waals surface area (Å²) in [7, 11) is 1.76. The van der Waals surface area contributed by atoms with Gasteiger partial charge in [-0.05, 0) is 23.3 Å². The number of hydrogen-bond donors (Lipinski definition) is 2. The van der Waals surface area contributed by atoms with Crippen LogP contribution in [0.2, 0.25) is 0 Å². The van der Waals surface area contributed by atoms with E-state index >= 15 is 0 Å². The maximum Gasteiger partial charge on any atom is 0.243 e. The number of tetrazole rings is 1. The molecule has 1 fully saturated rings. The summed E-state index contributed by atoms with van der Waals surface area (Å²) in [6, 6.07) is 0. The molecule has 0 saturated heterocycles. The lowest BCUT2D eigenvalue weighted by molar-refractivity contribution is 0.265. The SMILES string of the molecule is Cn1nnnc1NC1(CO)CC1. The lowest BCUT2D eigenvalue weighted by atomic mass is 10.3. The zero-order chi connectivity index (χ0) is 8.60. The van der Waals surface area contributed by atoms with Gasteiger partial charge in [-0.3, -0.25) is 0 Å². The molecule has 1 heterocycles. The minimum Gasteiger partial charge on any atom is -0.394 e. The van der Waals surface area contributed by atoms with Crippen molar-refractivity contribution in [2.45, 2.75) is 18.4 Å². The van der Waals surface area contributed by atoms with Crippen molar-refractivity contribution >= 4 is 5.95 Å². The first-order valence-corrected chi connectivity index (χ1v) is 3.87. The second-order valence-corrected chi connectivity index (χ2v) is 3.19. The summed E-state index contributed by atoms with van der Waals surface area (Å²) >= 11 is 0. The quantitative estimate of drug-likeness (QED) is 0.616. The Kier molecular flexibility index (Phi) is 1.50. The van der Waals surface area contributed by atoms with Crippen molar-refractivity contribution in [3.63, 3.8) is 0 Å². The number of rotatable bonds is 3. The molecule has 0 aromatic carbocycles. The zero-order valence-electron chi connectivity index (χ0n) is 6.86. The van der Waals surface area contributed by atoms with Crippen LogP contribution in [0.5, 0.6) is 0 Å². The van der Waals surface area contributed by atoms with E-state index in [0.29, 0.717) is 5.95 Å². The van der Waals surface area contributed by atoms with Crippen molar-refractivity contribution in [3.05, 3.63) is 0 Å². The van der Waals surface area contributed by atoms with Crippen LogP contribution in [-0.4, -0.2) is 37.5 Å². The first-order valence-electron chi connectivity index (χ1n) is 3.87. The van der Waals surface area contributed by atoms with Gasteiger partial charge in [0.25, 0.3) is 0 Å². The minimum atomic E-state index is -0.150. The molecule has 6 nitrogen and oxygen atoms in total. The first-order chi connectivity index (χ1) is 5.76. The monoisotopic (exact) mass is 169 g/mol. The van der Waals surface area contributed by atoms with Crippen LogP contribution in [-0.2, 0) is 7.05 Å². The average Bonchev–Trinajstić information content (AvgIpc) is 2.74. The standard InChI is InChI=1S/C6H11N5O/c1-11-5(8-9-10-11)7-6(4-12)2-3-6/h12H,2-4H2,1H3,(H,7,8,10).